The molecule has 22 heteroatoms. The number of allylic oxidation sites excluding steroid dienone is 8. The van der Waals surface area contributed by atoms with Crippen molar-refractivity contribution in [1.29, 1.82) is 0 Å². The maximum absolute atomic E-state index is 12.4. The standard InChI is InChI=1S/C48H68N2O17S3/c1-47(21-25-64-31-33-66-29-27-62-3)40-36-38(69(56,57)58)17-19-42(40)49(23-12-8-11-16-46(51)52)44(47)14-9-6-5-7-10-15-45-48(2,22-26-65-32-34-67-30-28-63-4)41-37-39(70(59,60)61)18-20-43(41)50(45)24-13-35-68(53,54)55/h5-7,9-10,14-15,17-20,36-37H,8,11-13,16,21-35H2,1-4H3,(H3-,51,52,53,54,55,56,57,58,59,60,61). The van der Waals surface area contributed by atoms with Crippen LogP contribution in [0.5, 0.6) is 0 Å². The molecule has 70 heavy (non-hydrogen) atoms. The summed E-state index contributed by atoms with van der Waals surface area (Å²) in [4.78, 5) is 12.6. The number of benzene rings is 2. The van der Waals surface area contributed by atoms with Gasteiger partial charge in [-0.3, -0.25) is 13.9 Å². The fraction of sp³-hybridized carbons (Fsp3) is 0.542. The number of carboxylic acids is 1. The van der Waals surface area contributed by atoms with Crippen molar-refractivity contribution in [3.05, 3.63) is 95.8 Å². The number of anilines is 1. The monoisotopic (exact) mass is 1040 g/mol. The smallest absolute Gasteiger partial charge is 0.303 e. The molecule has 0 spiro atoms. The lowest BCUT2D eigenvalue weighted by atomic mass is 9.76. The van der Waals surface area contributed by atoms with E-state index in [-0.39, 0.29) is 44.1 Å². The van der Waals surface area contributed by atoms with Crippen molar-refractivity contribution < 1.29 is 81.8 Å². The van der Waals surface area contributed by atoms with E-state index >= 15 is 0 Å². The highest BCUT2D eigenvalue weighted by Crippen LogP contribution is 2.51. The number of carbonyl (C=O) groups is 1. The summed E-state index contributed by atoms with van der Waals surface area (Å²) < 4.78 is 139. The van der Waals surface area contributed by atoms with Gasteiger partial charge in [-0.25, -0.2) is 8.42 Å². The van der Waals surface area contributed by atoms with E-state index in [9.17, 15) is 48.8 Å². The molecular weight excluding hydrogens is 973 g/mol. The maximum atomic E-state index is 12.4. The van der Waals surface area contributed by atoms with Gasteiger partial charge in [0.05, 0.1) is 73.8 Å². The third-order valence-corrected chi connectivity index (χ3v) is 14.6. The lowest BCUT2D eigenvalue weighted by Gasteiger charge is -2.30. The zero-order valence-electron chi connectivity index (χ0n) is 40.3. The first-order valence-electron chi connectivity index (χ1n) is 23.0. The summed E-state index contributed by atoms with van der Waals surface area (Å²) in [6.45, 7) is 7.94. The molecule has 19 nitrogen and oxygen atoms in total. The van der Waals surface area contributed by atoms with Gasteiger partial charge in [0, 0.05) is 81.3 Å². The van der Waals surface area contributed by atoms with E-state index < -0.39 is 57.8 Å². The predicted molar refractivity (Wildman–Crippen MR) is 261 cm³/mol. The first-order chi connectivity index (χ1) is 33.2. The molecule has 3 N–H and O–H groups in total. The second kappa shape index (κ2) is 27.6. The highest BCUT2D eigenvalue weighted by Gasteiger charge is 2.48. The van der Waals surface area contributed by atoms with Gasteiger partial charge in [0.25, 0.3) is 20.2 Å². The fourth-order valence-electron chi connectivity index (χ4n) is 8.48. The van der Waals surface area contributed by atoms with Crippen molar-refractivity contribution in [3.63, 3.8) is 0 Å². The zero-order chi connectivity index (χ0) is 51.4. The van der Waals surface area contributed by atoms with Gasteiger partial charge in [0.1, 0.15) is 16.7 Å². The molecule has 2 aromatic carbocycles. The Bertz CT molecular complexity index is 2560. The fourth-order valence-corrected chi connectivity index (χ4v) is 9.98. The van der Waals surface area contributed by atoms with Gasteiger partial charge in [0.15, 0.2) is 5.71 Å². The highest BCUT2D eigenvalue weighted by atomic mass is 32.2. The molecular formula is C48H68N2O17S3. The third kappa shape index (κ3) is 17.3. The minimum absolute atomic E-state index is 0.0323. The summed E-state index contributed by atoms with van der Waals surface area (Å²) >= 11 is 0. The van der Waals surface area contributed by atoms with Crippen molar-refractivity contribution in [2.45, 2.75) is 79.4 Å². The molecule has 0 aliphatic carbocycles. The molecule has 2 aromatic rings. The van der Waals surface area contributed by atoms with Gasteiger partial charge in [-0.2, -0.15) is 21.4 Å². The molecule has 0 amide bonds. The van der Waals surface area contributed by atoms with Crippen molar-refractivity contribution in [2.75, 3.05) is 104 Å². The van der Waals surface area contributed by atoms with Crippen molar-refractivity contribution in [2.24, 2.45) is 0 Å². The molecule has 2 aliphatic heterocycles. The van der Waals surface area contributed by atoms with Gasteiger partial charge in [0.2, 0.25) is 5.69 Å². The van der Waals surface area contributed by atoms with E-state index in [4.69, 9.17) is 28.4 Å². The Morgan fingerprint density at radius 2 is 1.24 bits per heavy atom. The van der Waals surface area contributed by atoms with E-state index in [0.29, 0.717) is 107 Å². The quantitative estimate of drug-likeness (QED) is 0.0334. The Morgan fingerprint density at radius 3 is 1.83 bits per heavy atom. The number of nitrogens with zero attached hydrogens (tertiary/aromatic N) is 2. The average molecular weight is 1040 g/mol. The van der Waals surface area contributed by atoms with E-state index in [2.05, 4.69) is 4.90 Å². The van der Waals surface area contributed by atoms with Crippen LogP contribution in [0.1, 0.15) is 69.9 Å². The largest absolute Gasteiger partial charge is 0.744 e. The number of aliphatic carboxylic acids is 1. The number of unbranched alkanes of at least 4 members (excludes halogenated alkanes) is 2. The number of methoxy groups -OCH3 is 2. The van der Waals surface area contributed by atoms with Crippen LogP contribution in [0, 0.1) is 0 Å². The first-order valence-corrected chi connectivity index (χ1v) is 27.5. The number of ether oxygens (including phenoxy) is 6. The Hall–Kier alpha value is -4.17. The van der Waals surface area contributed by atoms with Gasteiger partial charge < -0.3 is 43.0 Å². The van der Waals surface area contributed by atoms with Gasteiger partial charge >= 0.3 is 5.97 Å². The second-order valence-corrected chi connectivity index (χ2v) is 21.5. The topological polar surface area (TPSA) is 265 Å². The molecule has 2 atom stereocenters. The van der Waals surface area contributed by atoms with Crippen LogP contribution in [0.2, 0.25) is 0 Å². The third-order valence-electron chi connectivity index (χ3n) is 12.1. The van der Waals surface area contributed by atoms with Crippen LogP contribution in [0.4, 0.5) is 11.4 Å². The lowest BCUT2D eigenvalue weighted by Crippen LogP contribution is -2.33. The van der Waals surface area contributed by atoms with Crippen LogP contribution in [0.15, 0.2) is 94.4 Å². The van der Waals surface area contributed by atoms with Gasteiger partial charge in [-0.15, -0.1) is 0 Å². The van der Waals surface area contributed by atoms with Gasteiger partial charge in [-0.05, 0) is 81.5 Å². The highest BCUT2D eigenvalue weighted by molar-refractivity contribution is 7.86. The molecule has 2 unspecified atom stereocenters. The molecule has 0 fully saturated rings. The van der Waals surface area contributed by atoms with Crippen LogP contribution in [-0.4, -0.2) is 159 Å². The minimum Gasteiger partial charge on any atom is -0.744 e. The zero-order valence-corrected chi connectivity index (χ0v) is 42.8. The summed E-state index contributed by atoms with van der Waals surface area (Å²) in [6, 6.07) is 8.58. The molecule has 0 saturated carbocycles. The van der Waals surface area contributed by atoms with Crippen LogP contribution < -0.4 is 4.90 Å². The molecule has 0 bridgehead atoms. The van der Waals surface area contributed by atoms with E-state index in [1.807, 2.05) is 36.7 Å². The molecule has 390 valence electrons. The number of hydrogen-bond acceptors (Lipinski definition) is 15. The van der Waals surface area contributed by atoms with E-state index in [0.717, 1.165) is 11.4 Å². The Labute approximate surface area is 412 Å². The average Bonchev–Trinajstić information content (AvgIpc) is 3.66. The SMILES string of the molecule is COCCOCCOCCC1(C)C(=CC=CC=CC=CC2=[N+](CCCS(=O)(=O)O)c3ccc(S(=O)(=O)[O-])cc3C2(C)CCOCCOCCOC)N(CCCCCC(=O)O)c2ccc(S(=O)(=O)O)cc21. The minimum atomic E-state index is -4.84. The van der Waals surface area contributed by atoms with Crippen LogP contribution in [-0.2, 0) is 74.4 Å². The summed E-state index contributed by atoms with van der Waals surface area (Å²) in [5, 5.41) is 9.20. The van der Waals surface area contributed by atoms with Crippen molar-refractivity contribution in [1.82, 2.24) is 0 Å². The lowest BCUT2D eigenvalue weighted by molar-refractivity contribution is -0.437. The Morgan fingerprint density at radius 1 is 0.686 bits per heavy atom. The number of fused-ring (bicyclic) bond motifs is 2. The second-order valence-electron chi connectivity index (χ2n) is 17.1. The van der Waals surface area contributed by atoms with Crippen LogP contribution >= 0.6 is 0 Å². The Kier molecular flexibility index (Phi) is 23.0. The Balaban J connectivity index is 1.69. The predicted octanol–water partition coefficient (Wildman–Crippen LogP) is 5.59. The van der Waals surface area contributed by atoms with Crippen molar-refractivity contribution >= 4 is 53.4 Å². The summed E-state index contributed by atoms with van der Waals surface area (Å²) in [6.07, 6.45) is 15.3. The van der Waals surface area contributed by atoms with Crippen molar-refractivity contribution in [3.8, 4) is 0 Å². The van der Waals surface area contributed by atoms with Crippen LogP contribution in [0.3, 0.4) is 0 Å². The normalized spacial score (nSPS) is 19.2. The summed E-state index contributed by atoms with van der Waals surface area (Å²) in [5.74, 6) is -1.39. The summed E-state index contributed by atoms with van der Waals surface area (Å²) in [5.41, 5.74) is 2.28. The summed E-state index contributed by atoms with van der Waals surface area (Å²) in [7, 11) is -10.5. The molecule has 0 radical (unpaired) electrons. The van der Waals surface area contributed by atoms with Crippen LogP contribution in [0.25, 0.3) is 0 Å². The molecule has 2 aliphatic rings. The maximum Gasteiger partial charge on any atom is 0.303 e. The first kappa shape index (κ1) is 58.4. The molecule has 4 rings (SSSR count). The number of carboxylic acid groups (broad SMARTS) is 1. The molecule has 2 heterocycles. The molecule has 0 aromatic heterocycles. The van der Waals surface area contributed by atoms with E-state index in [1.165, 1.54) is 30.3 Å². The van der Waals surface area contributed by atoms with Gasteiger partial charge in [-0.1, -0.05) is 36.8 Å². The number of rotatable bonds is 34. The number of hydrogen-bond donors (Lipinski definition) is 3. The van der Waals surface area contributed by atoms with E-state index in [1.54, 1.807) is 44.6 Å². The molecule has 0 saturated heterocycles.